The first-order valence-electron chi connectivity index (χ1n) is 11.6. The van der Waals surface area contributed by atoms with E-state index >= 15 is 0 Å². The molecule has 5 rings (SSSR count). The van der Waals surface area contributed by atoms with Gasteiger partial charge >= 0.3 is 0 Å². The molecule has 172 valence electrons. The van der Waals surface area contributed by atoms with Crippen molar-refractivity contribution < 1.29 is 13.9 Å². The predicted octanol–water partition coefficient (Wildman–Crippen LogP) is 4.67. The molecule has 7 heteroatoms. The standard InChI is InChI=1S/C26H29FN4O2/c1-26(2)20(16-22(33-26)24-19-7-6-18(27)15-21(19)30-25(24)32)17-8-9-28-23(14-17)29-10-13-31-11-4-3-5-12-31/h6-9,14-16H,3-5,10-13H2,1-2H3,(H,28,29)(H,30,32)/b24-22+. The number of carbonyl (C=O) groups excluding carboxylic acids is 1. The van der Waals surface area contributed by atoms with Crippen molar-refractivity contribution in [3.05, 3.63) is 65.3 Å². The zero-order chi connectivity index (χ0) is 23.0. The average Bonchev–Trinajstić information content (AvgIpc) is 3.28. The fraction of sp³-hybridized carbons (Fsp3) is 0.385. The molecule has 1 aromatic carbocycles. The van der Waals surface area contributed by atoms with Crippen molar-refractivity contribution in [3.8, 4) is 0 Å². The summed E-state index contributed by atoms with van der Waals surface area (Å²) < 4.78 is 19.8. The van der Waals surface area contributed by atoms with Crippen molar-refractivity contribution in [2.75, 3.05) is 36.8 Å². The van der Waals surface area contributed by atoms with Gasteiger partial charge in [-0.15, -0.1) is 0 Å². The maximum Gasteiger partial charge on any atom is 0.260 e. The number of carbonyl (C=O) groups is 1. The van der Waals surface area contributed by atoms with Gasteiger partial charge < -0.3 is 20.3 Å². The number of likely N-dealkylation sites (tertiary alicyclic amines) is 1. The van der Waals surface area contributed by atoms with Gasteiger partial charge in [-0.3, -0.25) is 4.79 Å². The molecule has 3 aliphatic heterocycles. The summed E-state index contributed by atoms with van der Waals surface area (Å²) in [4.78, 5) is 19.6. The van der Waals surface area contributed by atoms with Crippen molar-refractivity contribution in [1.82, 2.24) is 9.88 Å². The third-order valence-corrected chi connectivity index (χ3v) is 6.52. The summed E-state index contributed by atoms with van der Waals surface area (Å²) in [6.07, 6.45) is 7.61. The van der Waals surface area contributed by atoms with Crippen LogP contribution in [-0.4, -0.2) is 47.6 Å². The van der Waals surface area contributed by atoms with Crippen LogP contribution in [0.4, 0.5) is 15.9 Å². The maximum atomic E-state index is 13.6. The van der Waals surface area contributed by atoms with Crippen LogP contribution in [0.15, 0.2) is 48.4 Å². The van der Waals surface area contributed by atoms with Crippen LogP contribution in [0.3, 0.4) is 0 Å². The van der Waals surface area contributed by atoms with Crippen LogP contribution in [0, 0.1) is 5.82 Å². The molecule has 1 amide bonds. The number of hydrogen-bond acceptors (Lipinski definition) is 5. The number of nitrogens with one attached hydrogen (secondary N) is 2. The summed E-state index contributed by atoms with van der Waals surface area (Å²) in [5.41, 5.74) is 2.88. The Bertz CT molecular complexity index is 1150. The molecular weight excluding hydrogens is 419 g/mol. The molecule has 0 spiro atoms. The summed E-state index contributed by atoms with van der Waals surface area (Å²) in [5.74, 6) is 0.644. The number of allylic oxidation sites excluding steroid dienone is 1. The van der Waals surface area contributed by atoms with Crippen LogP contribution in [0.5, 0.6) is 0 Å². The number of hydrogen-bond donors (Lipinski definition) is 2. The molecule has 2 aromatic rings. The summed E-state index contributed by atoms with van der Waals surface area (Å²) >= 11 is 0. The summed E-state index contributed by atoms with van der Waals surface area (Å²) in [7, 11) is 0. The maximum absolute atomic E-state index is 13.6. The molecule has 4 heterocycles. The highest BCUT2D eigenvalue weighted by Gasteiger charge is 2.38. The molecule has 0 unspecified atom stereocenters. The SMILES string of the molecule is CC1(C)O/C(=C2/C(=O)Nc3cc(F)ccc32)C=C1c1ccnc(NCCN2CCCCC2)c1. The molecule has 3 aliphatic rings. The van der Waals surface area contributed by atoms with Gasteiger partial charge in [0.1, 0.15) is 23.0 Å². The molecule has 6 nitrogen and oxygen atoms in total. The molecule has 33 heavy (non-hydrogen) atoms. The van der Waals surface area contributed by atoms with E-state index in [1.165, 1.54) is 44.5 Å². The average molecular weight is 449 g/mol. The Morgan fingerprint density at radius 2 is 2.00 bits per heavy atom. The van der Waals surface area contributed by atoms with Gasteiger partial charge in [-0.25, -0.2) is 9.37 Å². The third-order valence-electron chi connectivity index (χ3n) is 6.52. The Labute approximate surface area is 193 Å². The van der Waals surface area contributed by atoms with Crippen LogP contribution in [-0.2, 0) is 9.53 Å². The van der Waals surface area contributed by atoms with Gasteiger partial charge in [0.2, 0.25) is 0 Å². The monoisotopic (exact) mass is 448 g/mol. The lowest BCUT2D eigenvalue weighted by Crippen LogP contribution is -2.33. The van der Waals surface area contributed by atoms with Crippen LogP contribution in [0.25, 0.3) is 11.1 Å². The zero-order valence-corrected chi connectivity index (χ0v) is 19.1. The largest absolute Gasteiger partial charge is 0.482 e. The molecule has 1 saturated heterocycles. The summed E-state index contributed by atoms with van der Waals surface area (Å²) in [5, 5.41) is 6.18. The second kappa shape index (κ2) is 8.63. The number of halogens is 1. The van der Waals surface area contributed by atoms with Crippen LogP contribution in [0.2, 0.25) is 0 Å². The predicted molar refractivity (Wildman–Crippen MR) is 128 cm³/mol. The van der Waals surface area contributed by atoms with E-state index in [2.05, 4.69) is 20.5 Å². The number of benzene rings is 1. The second-order valence-corrected chi connectivity index (χ2v) is 9.31. The number of anilines is 2. The first-order valence-corrected chi connectivity index (χ1v) is 11.6. The molecule has 0 aliphatic carbocycles. The van der Waals surface area contributed by atoms with Crippen molar-refractivity contribution in [2.24, 2.45) is 0 Å². The number of piperidine rings is 1. The van der Waals surface area contributed by atoms with E-state index in [0.717, 1.165) is 30.0 Å². The van der Waals surface area contributed by atoms with Crippen LogP contribution < -0.4 is 10.6 Å². The first-order chi connectivity index (χ1) is 15.9. The highest BCUT2D eigenvalue weighted by molar-refractivity contribution is 6.32. The lowest BCUT2D eigenvalue weighted by Gasteiger charge is -2.26. The molecule has 0 radical (unpaired) electrons. The summed E-state index contributed by atoms with van der Waals surface area (Å²) in [6.45, 7) is 8.17. The van der Waals surface area contributed by atoms with E-state index in [1.54, 1.807) is 12.3 Å². The highest BCUT2D eigenvalue weighted by atomic mass is 19.1. The van der Waals surface area contributed by atoms with E-state index in [1.807, 2.05) is 32.1 Å². The van der Waals surface area contributed by atoms with E-state index < -0.39 is 5.60 Å². The van der Waals surface area contributed by atoms with Gasteiger partial charge in [0.25, 0.3) is 5.91 Å². The van der Waals surface area contributed by atoms with Crippen molar-refractivity contribution in [1.29, 1.82) is 0 Å². The number of amides is 1. The molecule has 1 fully saturated rings. The topological polar surface area (TPSA) is 66.5 Å². The summed E-state index contributed by atoms with van der Waals surface area (Å²) in [6, 6.07) is 8.28. The molecule has 0 atom stereocenters. The first kappa shape index (κ1) is 21.6. The smallest absolute Gasteiger partial charge is 0.260 e. The lowest BCUT2D eigenvalue weighted by atomic mass is 9.92. The lowest BCUT2D eigenvalue weighted by molar-refractivity contribution is -0.111. The minimum atomic E-state index is -0.627. The van der Waals surface area contributed by atoms with Crippen molar-refractivity contribution in [3.63, 3.8) is 0 Å². The number of fused-ring (bicyclic) bond motifs is 1. The Hall–Kier alpha value is -3.19. The second-order valence-electron chi connectivity index (χ2n) is 9.31. The van der Waals surface area contributed by atoms with Crippen LogP contribution in [0.1, 0.15) is 44.2 Å². The highest BCUT2D eigenvalue weighted by Crippen LogP contribution is 2.44. The molecule has 0 saturated carbocycles. The molecule has 0 bridgehead atoms. The fourth-order valence-corrected chi connectivity index (χ4v) is 4.83. The number of nitrogens with zero attached hydrogens (tertiary/aromatic N) is 2. The Balaban J connectivity index is 1.39. The fourth-order valence-electron chi connectivity index (χ4n) is 4.83. The van der Waals surface area contributed by atoms with Gasteiger partial charge in [0.15, 0.2) is 0 Å². The Morgan fingerprint density at radius 3 is 2.82 bits per heavy atom. The molecule has 2 N–H and O–H groups in total. The van der Waals surface area contributed by atoms with E-state index in [0.29, 0.717) is 22.6 Å². The van der Waals surface area contributed by atoms with Gasteiger partial charge in [-0.2, -0.15) is 0 Å². The van der Waals surface area contributed by atoms with Gasteiger partial charge in [-0.1, -0.05) is 6.42 Å². The Kier molecular flexibility index (Phi) is 5.66. The molecular formula is C26H29FN4O2. The van der Waals surface area contributed by atoms with Crippen molar-refractivity contribution >= 4 is 28.6 Å². The zero-order valence-electron chi connectivity index (χ0n) is 19.1. The minimum Gasteiger partial charge on any atom is -0.482 e. The normalized spacial score (nSPS) is 21.9. The quantitative estimate of drug-likeness (QED) is 0.651. The van der Waals surface area contributed by atoms with Gasteiger partial charge in [-0.05, 0) is 81.7 Å². The Morgan fingerprint density at radius 1 is 1.18 bits per heavy atom. The number of ether oxygens (including phenoxy) is 1. The van der Waals surface area contributed by atoms with Gasteiger partial charge in [0.05, 0.1) is 11.3 Å². The van der Waals surface area contributed by atoms with E-state index in [-0.39, 0.29) is 11.7 Å². The minimum absolute atomic E-state index is 0.284. The van der Waals surface area contributed by atoms with Crippen LogP contribution >= 0.6 is 0 Å². The number of aromatic nitrogens is 1. The number of pyridine rings is 1. The third kappa shape index (κ3) is 4.37. The van der Waals surface area contributed by atoms with Crippen molar-refractivity contribution in [2.45, 2.75) is 38.7 Å². The molecule has 1 aromatic heterocycles. The number of rotatable bonds is 5. The van der Waals surface area contributed by atoms with E-state index in [9.17, 15) is 9.18 Å². The van der Waals surface area contributed by atoms with Gasteiger partial charge in [0, 0.05) is 30.4 Å². The van der Waals surface area contributed by atoms with E-state index in [4.69, 9.17) is 4.74 Å².